The van der Waals surface area contributed by atoms with Crippen molar-refractivity contribution in [3.05, 3.63) is 52.8 Å². The lowest BCUT2D eigenvalue weighted by Gasteiger charge is -2.35. The minimum absolute atomic E-state index is 0.923. The maximum absolute atomic E-state index is 4.91. The fourth-order valence-electron chi connectivity index (χ4n) is 3.87. The molecule has 0 saturated carbocycles. The van der Waals surface area contributed by atoms with Gasteiger partial charge in [-0.25, -0.2) is 9.97 Å². The Kier molecular flexibility index (Phi) is 5.18. The van der Waals surface area contributed by atoms with Crippen LogP contribution in [0.3, 0.4) is 0 Å². The van der Waals surface area contributed by atoms with E-state index in [1.807, 2.05) is 0 Å². The number of fused-ring (bicyclic) bond motifs is 1. The van der Waals surface area contributed by atoms with Crippen LogP contribution in [-0.2, 0) is 19.5 Å². The molecule has 0 spiro atoms. The number of aryl methyl sites for hydroxylation is 1. The minimum atomic E-state index is 0.923. The van der Waals surface area contributed by atoms with Crippen molar-refractivity contribution in [2.24, 2.45) is 0 Å². The highest BCUT2D eigenvalue weighted by Crippen LogP contribution is 2.21. The van der Waals surface area contributed by atoms with Crippen LogP contribution in [0.5, 0.6) is 0 Å². The number of benzene rings is 1. The Morgan fingerprint density at radius 2 is 1.73 bits per heavy atom. The van der Waals surface area contributed by atoms with Gasteiger partial charge in [-0.05, 0) is 19.0 Å². The van der Waals surface area contributed by atoms with Crippen molar-refractivity contribution in [3.8, 4) is 0 Å². The van der Waals surface area contributed by atoms with Gasteiger partial charge in [-0.1, -0.05) is 36.8 Å². The van der Waals surface area contributed by atoms with E-state index in [1.165, 1.54) is 22.4 Å². The monoisotopic (exact) mass is 351 g/mol. The molecule has 26 heavy (non-hydrogen) atoms. The van der Waals surface area contributed by atoms with Crippen LogP contribution in [0.25, 0.3) is 0 Å². The van der Waals surface area contributed by atoms with Gasteiger partial charge in [0.15, 0.2) is 0 Å². The summed E-state index contributed by atoms with van der Waals surface area (Å²) in [6, 6.07) is 8.86. The summed E-state index contributed by atoms with van der Waals surface area (Å²) in [5.74, 6) is 0.923. The second-order valence-corrected chi connectivity index (χ2v) is 7.51. The van der Waals surface area contributed by atoms with E-state index in [0.717, 1.165) is 64.7 Å². The number of hydrogen-bond acceptors (Lipinski definition) is 5. The second-order valence-electron chi connectivity index (χ2n) is 7.51. The zero-order valence-corrected chi connectivity index (χ0v) is 16.0. The molecule has 2 aliphatic rings. The van der Waals surface area contributed by atoms with Gasteiger partial charge >= 0.3 is 0 Å². The van der Waals surface area contributed by atoms with Crippen LogP contribution >= 0.6 is 0 Å². The van der Waals surface area contributed by atoms with Gasteiger partial charge in [0.1, 0.15) is 0 Å². The Morgan fingerprint density at radius 3 is 2.46 bits per heavy atom. The molecule has 5 heteroatoms. The number of hydrogen-bond donors (Lipinski definition) is 0. The van der Waals surface area contributed by atoms with Crippen LogP contribution in [0.1, 0.15) is 29.3 Å². The smallest absolute Gasteiger partial charge is 0.225 e. The van der Waals surface area contributed by atoms with Gasteiger partial charge in [-0.2, -0.15) is 0 Å². The molecule has 1 saturated heterocycles. The predicted octanol–water partition coefficient (Wildman–Crippen LogP) is 2.49. The van der Waals surface area contributed by atoms with E-state index < -0.39 is 0 Å². The Morgan fingerprint density at radius 1 is 0.962 bits per heavy atom. The summed E-state index contributed by atoms with van der Waals surface area (Å²) in [4.78, 5) is 16.9. The zero-order chi connectivity index (χ0) is 17.9. The average Bonchev–Trinajstić information content (AvgIpc) is 2.69. The van der Waals surface area contributed by atoms with Gasteiger partial charge in [0.25, 0.3) is 0 Å². The van der Waals surface area contributed by atoms with Crippen LogP contribution < -0.4 is 4.90 Å². The molecule has 0 atom stereocenters. The van der Waals surface area contributed by atoms with E-state index in [-0.39, 0.29) is 0 Å². The average molecular weight is 351 g/mol. The van der Waals surface area contributed by atoms with Crippen molar-refractivity contribution < 1.29 is 0 Å². The van der Waals surface area contributed by atoms with Crippen LogP contribution in [0.2, 0.25) is 0 Å². The van der Waals surface area contributed by atoms with Crippen molar-refractivity contribution in [3.63, 3.8) is 0 Å². The first-order chi connectivity index (χ1) is 12.7. The molecule has 0 N–H and O–H groups in total. The third-order valence-corrected chi connectivity index (χ3v) is 5.63. The molecule has 0 amide bonds. The fraction of sp³-hybridized carbons (Fsp3) is 0.524. The molecule has 0 aliphatic carbocycles. The largest absolute Gasteiger partial charge is 0.338 e. The summed E-state index contributed by atoms with van der Waals surface area (Å²) >= 11 is 0. The van der Waals surface area contributed by atoms with Gasteiger partial charge in [0.2, 0.25) is 5.95 Å². The Hall–Kier alpha value is -1.98. The lowest BCUT2D eigenvalue weighted by molar-refractivity contribution is 0.242. The van der Waals surface area contributed by atoms with Crippen LogP contribution in [0, 0.1) is 6.92 Å². The van der Waals surface area contributed by atoms with Crippen molar-refractivity contribution in [1.29, 1.82) is 0 Å². The molecule has 1 aromatic heterocycles. The van der Waals surface area contributed by atoms with Gasteiger partial charge in [0.05, 0.1) is 5.69 Å². The molecular weight excluding hydrogens is 322 g/mol. The van der Waals surface area contributed by atoms with E-state index in [1.54, 1.807) is 0 Å². The molecule has 2 aliphatic heterocycles. The number of rotatable bonds is 4. The second kappa shape index (κ2) is 7.72. The molecule has 3 heterocycles. The zero-order valence-electron chi connectivity index (χ0n) is 16.0. The fourth-order valence-corrected chi connectivity index (χ4v) is 3.87. The number of likely N-dealkylation sites (N-methyl/N-ethyl adjacent to an activating group) is 1. The van der Waals surface area contributed by atoms with Gasteiger partial charge in [-0.15, -0.1) is 0 Å². The first kappa shape index (κ1) is 17.4. The Bertz CT molecular complexity index is 735. The highest BCUT2D eigenvalue weighted by Gasteiger charge is 2.22. The van der Waals surface area contributed by atoms with E-state index in [4.69, 9.17) is 4.98 Å². The van der Waals surface area contributed by atoms with Crippen molar-refractivity contribution in [2.45, 2.75) is 33.4 Å². The Labute approximate surface area is 156 Å². The molecule has 0 radical (unpaired) electrons. The van der Waals surface area contributed by atoms with Crippen LogP contribution in [0.15, 0.2) is 30.5 Å². The maximum Gasteiger partial charge on any atom is 0.225 e. The van der Waals surface area contributed by atoms with Gasteiger partial charge in [-0.3, -0.25) is 4.90 Å². The summed E-state index contributed by atoms with van der Waals surface area (Å²) in [6.45, 7) is 12.8. The third kappa shape index (κ3) is 3.89. The number of nitrogens with zero attached hydrogens (tertiary/aromatic N) is 5. The standard InChI is InChI=1S/C21H29N5/c1-3-24-10-12-26(13-11-24)21-22-14-19-16-25(9-8-20(19)23-21)15-18-6-4-17(2)5-7-18/h4-7,14H,3,8-13,15-16H2,1-2H3. The van der Waals surface area contributed by atoms with E-state index >= 15 is 0 Å². The summed E-state index contributed by atoms with van der Waals surface area (Å²) < 4.78 is 0. The topological polar surface area (TPSA) is 35.5 Å². The first-order valence-corrected chi connectivity index (χ1v) is 9.81. The molecule has 4 rings (SSSR count). The summed E-state index contributed by atoms with van der Waals surface area (Å²) in [7, 11) is 0. The van der Waals surface area contributed by atoms with Crippen molar-refractivity contribution in [2.75, 3.05) is 44.2 Å². The first-order valence-electron chi connectivity index (χ1n) is 9.81. The van der Waals surface area contributed by atoms with Crippen molar-refractivity contribution in [1.82, 2.24) is 19.8 Å². The summed E-state index contributed by atoms with van der Waals surface area (Å²) in [6.07, 6.45) is 3.08. The lowest BCUT2D eigenvalue weighted by atomic mass is 10.1. The molecule has 0 bridgehead atoms. The van der Waals surface area contributed by atoms with E-state index in [9.17, 15) is 0 Å². The molecule has 138 valence electrons. The quantitative estimate of drug-likeness (QED) is 0.846. The van der Waals surface area contributed by atoms with Gasteiger partial charge < -0.3 is 9.80 Å². The predicted molar refractivity (Wildman–Crippen MR) is 105 cm³/mol. The maximum atomic E-state index is 4.91. The van der Waals surface area contributed by atoms with Gasteiger partial charge in [0, 0.05) is 64.0 Å². The van der Waals surface area contributed by atoms with Crippen molar-refractivity contribution >= 4 is 5.95 Å². The molecule has 1 aromatic carbocycles. The minimum Gasteiger partial charge on any atom is -0.338 e. The summed E-state index contributed by atoms with van der Waals surface area (Å²) in [5, 5.41) is 0. The molecule has 1 fully saturated rings. The lowest BCUT2D eigenvalue weighted by Crippen LogP contribution is -2.47. The summed E-state index contributed by atoms with van der Waals surface area (Å²) in [5.41, 5.74) is 5.23. The SMILES string of the molecule is CCN1CCN(c2ncc3c(n2)CCN(Cc2ccc(C)cc2)C3)CC1. The molecule has 5 nitrogen and oxygen atoms in total. The highest BCUT2D eigenvalue weighted by molar-refractivity contribution is 5.35. The highest BCUT2D eigenvalue weighted by atomic mass is 15.3. The molecule has 0 unspecified atom stereocenters. The number of aromatic nitrogens is 2. The molecule has 2 aromatic rings. The number of anilines is 1. The number of piperazine rings is 1. The van der Waals surface area contributed by atoms with Crippen LogP contribution in [-0.4, -0.2) is 59.0 Å². The third-order valence-electron chi connectivity index (χ3n) is 5.63. The normalized spacial score (nSPS) is 18.8. The molecular formula is C21H29N5. The Balaban J connectivity index is 1.40. The van der Waals surface area contributed by atoms with E-state index in [2.05, 4.69) is 64.0 Å². The van der Waals surface area contributed by atoms with E-state index in [0.29, 0.717) is 0 Å². The van der Waals surface area contributed by atoms with Crippen LogP contribution in [0.4, 0.5) is 5.95 Å².